The highest BCUT2D eigenvalue weighted by molar-refractivity contribution is 6.39. The van der Waals surface area contributed by atoms with Crippen LogP contribution in [0.3, 0.4) is 0 Å². The quantitative estimate of drug-likeness (QED) is 0.199. The fourth-order valence-corrected chi connectivity index (χ4v) is 4.77. The standard InChI is InChI=1S/C29H33Cl2N7O4/c1-37(2)14-5-9-24(39)34-19-12-10-18(11-13-19)29(42)38-15-4-6-20(17-38)35-28(41)26(33)23(16-32)36-27(40)25-21(30)7-3-8-22(25)31/h3,5,7-13,16,20,32H,4,6,14-15,17,33H2,1-2H3,(H,34,39)(H,35,41)(H,36,40)/p+1/b9-5+,26-23+,32-16?/t20-/m1/s1. The number of nitrogens with two attached hydrogens (primary N) is 2. The van der Waals surface area contributed by atoms with E-state index in [9.17, 15) is 19.2 Å². The van der Waals surface area contributed by atoms with Crippen molar-refractivity contribution in [2.45, 2.75) is 18.9 Å². The van der Waals surface area contributed by atoms with Crippen LogP contribution in [-0.2, 0) is 9.59 Å². The number of hydrogen-bond donors (Lipinski definition) is 5. The summed E-state index contributed by atoms with van der Waals surface area (Å²) in [5.74, 6) is -1.81. The van der Waals surface area contributed by atoms with Crippen molar-refractivity contribution < 1.29 is 24.6 Å². The van der Waals surface area contributed by atoms with E-state index in [1.165, 1.54) is 18.2 Å². The molecule has 0 unspecified atom stereocenters. The van der Waals surface area contributed by atoms with Gasteiger partial charge in [0.15, 0.2) is 6.21 Å². The lowest BCUT2D eigenvalue weighted by Crippen LogP contribution is -2.51. The number of nitrogens with one attached hydrogen (secondary N) is 3. The van der Waals surface area contributed by atoms with E-state index in [-0.39, 0.29) is 51.4 Å². The van der Waals surface area contributed by atoms with E-state index in [1.807, 2.05) is 19.0 Å². The number of rotatable bonds is 10. The lowest BCUT2D eigenvalue weighted by Gasteiger charge is -2.33. The molecule has 1 aliphatic heterocycles. The van der Waals surface area contributed by atoms with E-state index in [1.54, 1.807) is 41.3 Å². The van der Waals surface area contributed by atoms with Gasteiger partial charge in [0.2, 0.25) is 5.91 Å². The lowest BCUT2D eigenvalue weighted by molar-refractivity contribution is -0.119. The number of carbonyl (C=O) groups is 4. The molecular formula is C29H34Cl2N7O4+. The van der Waals surface area contributed by atoms with Crippen molar-refractivity contribution in [2.24, 2.45) is 5.73 Å². The van der Waals surface area contributed by atoms with E-state index < -0.39 is 11.8 Å². The minimum atomic E-state index is -0.682. The molecule has 1 fully saturated rings. The molecule has 1 saturated heterocycles. The number of likely N-dealkylation sites (tertiary alicyclic amines) is 1. The Balaban J connectivity index is 1.60. The highest BCUT2D eigenvalue weighted by Crippen LogP contribution is 2.24. The summed E-state index contributed by atoms with van der Waals surface area (Å²) in [7, 11) is 3.81. The number of allylic oxidation sites excluding steroid dienone is 1. The predicted octanol–water partition coefficient (Wildman–Crippen LogP) is 1.20. The number of piperidine rings is 1. The van der Waals surface area contributed by atoms with Gasteiger partial charge in [-0.3, -0.25) is 24.6 Å². The van der Waals surface area contributed by atoms with Gasteiger partial charge in [-0.25, -0.2) is 0 Å². The molecule has 222 valence electrons. The van der Waals surface area contributed by atoms with Gasteiger partial charge in [0.05, 0.1) is 15.6 Å². The van der Waals surface area contributed by atoms with Crippen LogP contribution in [0.15, 0.2) is 66.0 Å². The third kappa shape index (κ3) is 8.90. The maximum Gasteiger partial charge on any atom is 0.269 e. The third-order valence-corrected chi connectivity index (χ3v) is 6.95. The fourth-order valence-electron chi connectivity index (χ4n) is 4.20. The second kappa shape index (κ2) is 15.2. The second-order valence-electron chi connectivity index (χ2n) is 9.84. The van der Waals surface area contributed by atoms with Gasteiger partial charge in [0.25, 0.3) is 17.7 Å². The van der Waals surface area contributed by atoms with Gasteiger partial charge in [-0.1, -0.05) is 35.3 Å². The first kappa shape index (κ1) is 32.3. The molecule has 7 N–H and O–H groups in total. The SMILES string of the molecule is CN(C)C/C=C/C(=O)Nc1ccc(C(=O)N2CCC[C@@H](NC(=O)/C(N)=C(/C=[NH2+])NC(=O)c3c(Cl)cccc3Cl)C2)cc1. The van der Waals surface area contributed by atoms with Gasteiger partial charge in [0.1, 0.15) is 11.4 Å². The van der Waals surface area contributed by atoms with Crippen LogP contribution in [0, 0.1) is 0 Å². The summed E-state index contributed by atoms with van der Waals surface area (Å²) >= 11 is 12.2. The zero-order chi connectivity index (χ0) is 30.8. The number of likely N-dealkylation sites (N-methyl/N-ethyl adjacent to an activating group) is 1. The van der Waals surface area contributed by atoms with Crippen LogP contribution in [-0.4, -0.2) is 79.4 Å². The second-order valence-corrected chi connectivity index (χ2v) is 10.7. The van der Waals surface area contributed by atoms with Crippen LogP contribution in [0.5, 0.6) is 0 Å². The van der Waals surface area contributed by atoms with Crippen LogP contribution < -0.4 is 27.1 Å². The van der Waals surface area contributed by atoms with Gasteiger partial charge >= 0.3 is 0 Å². The smallest absolute Gasteiger partial charge is 0.269 e. The van der Waals surface area contributed by atoms with Gasteiger partial charge in [-0.05, 0) is 63.3 Å². The van der Waals surface area contributed by atoms with Gasteiger partial charge in [-0.15, -0.1) is 0 Å². The van der Waals surface area contributed by atoms with Crippen LogP contribution in [0.25, 0.3) is 0 Å². The van der Waals surface area contributed by atoms with Crippen molar-refractivity contribution in [3.05, 3.63) is 87.2 Å². The molecule has 1 aliphatic rings. The van der Waals surface area contributed by atoms with Crippen LogP contribution >= 0.6 is 23.2 Å². The van der Waals surface area contributed by atoms with E-state index in [4.69, 9.17) is 34.3 Å². The molecule has 2 aromatic carbocycles. The number of benzene rings is 2. The highest BCUT2D eigenvalue weighted by Gasteiger charge is 2.27. The summed E-state index contributed by atoms with van der Waals surface area (Å²) in [6, 6.07) is 10.8. The van der Waals surface area contributed by atoms with Crippen LogP contribution in [0.1, 0.15) is 33.6 Å². The van der Waals surface area contributed by atoms with E-state index in [0.29, 0.717) is 37.2 Å². The monoisotopic (exact) mass is 614 g/mol. The summed E-state index contributed by atoms with van der Waals surface area (Å²) in [6.07, 6.45) is 5.49. The predicted molar refractivity (Wildman–Crippen MR) is 163 cm³/mol. The molecule has 0 aromatic heterocycles. The van der Waals surface area contributed by atoms with Gasteiger partial charge in [0, 0.05) is 43.0 Å². The molecule has 42 heavy (non-hydrogen) atoms. The van der Waals surface area contributed by atoms with Crippen LogP contribution in [0.2, 0.25) is 10.0 Å². The van der Waals surface area contributed by atoms with Crippen molar-refractivity contribution >= 4 is 58.7 Å². The summed E-state index contributed by atoms with van der Waals surface area (Å²) in [4.78, 5) is 54.4. The Bertz CT molecular complexity index is 1390. The Labute approximate surface area is 254 Å². The fraction of sp³-hybridized carbons (Fsp3) is 0.276. The summed E-state index contributed by atoms with van der Waals surface area (Å²) in [5, 5.41) is 13.9. The van der Waals surface area contributed by atoms with E-state index in [2.05, 4.69) is 16.0 Å². The van der Waals surface area contributed by atoms with Crippen LogP contribution in [0.4, 0.5) is 5.69 Å². The number of anilines is 1. The Morgan fingerprint density at radius 2 is 1.76 bits per heavy atom. The Hall–Kier alpha value is -4.19. The summed E-state index contributed by atoms with van der Waals surface area (Å²) in [6.45, 7) is 1.42. The molecule has 1 atom stereocenters. The van der Waals surface area contributed by atoms with E-state index >= 15 is 0 Å². The molecule has 2 aromatic rings. The summed E-state index contributed by atoms with van der Waals surface area (Å²) < 4.78 is 0. The molecule has 0 saturated carbocycles. The number of halogens is 2. The van der Waals surface area contributed by atoms with Gasteiger partial charge < -0.3 is 31.5 Å². The zero-order valence-electron chi connectivity index (χ0n) is 23.3. The average Bonchev–Trinajstić information content (AvgIpc) is 2.95. The minimum absolute atomic E-state index is 0.0158. The molecule has 0 bridgehead atoms. The molecule has 13 heteroatoms. The maximum absolute atomic E-state index is 13.2. The molecule has 0 spiro atoms. The largest absolute Gasteiger partial charge is 0.392 e. The van der Waals surface area contributed by atoms with Crippen molar-refractivity contribution in [2.75, 3.05) is 39.0 Å². The molecule has 0 aliphatic carbocycles. The Morgan fingerprint density at radius 3 is 2.38 bits per heavy atom. The number of amides is 4. The first-order valence-electron chi connectivity index (χ1n) is 13.1. The lowest BCUT2D eigenvalue weighted by atomic mass is 10.0. The van der Waals surface area contributed by atoms with Gasteiger partial charge in [-0.2, -0.15) is 0 Å². The average molecular weight is 616 g/mol. The maximum atomic E-state index is 13.2. The van der Waals surface area contributed by atoms with Crippen molar-refractivity contribution in [1.29, 1.82) is 0 Å². The van der Waals surface area contributed by atoms with Crippen molar-refractivity contribution in [3.8, 4) is 0 Å². The minimum Gasteiger partial charge on any atom is -0.392 e. The Kier molecular flexibility index (Phi) is 11.7. The first-order chi connectivity index (χ1) is 20.0. The number of carbonyl (C=O) groups excluding carboxylic acids is 4. The van der Waals surface area contributed by atoms with Crippen molar-refractivity contribution in [3.63, 3.8) is 0 Å². The normalized spacial score (nSPS) is 15.6. The molecule has 11 nitrogen and oxygen atoms in total. The summed E-state index contributed by atoms with van der Waals surface area (Å²) in [5.41, 5.74) is 6.62. The third-order valence-electron chi connectivity index (χ3n) is 6.32. The molecule has 4 amide bonds. The first-order valence-corrected chi connectivity index (χ1v) is 13.9. The Morgan fingerprint density at radius 1 is 1.10 bits per heavy atom. The highest BCUT2D eigenvalue weighted by atomic mass is 35.5. The zero-order valence-corrected chi connectivity index (χ0v) is 24.8. The molecule has 3 rings (SSSR count). The topological polar surface area (TPSA) is 162 Å². The molecule has 1 heterocycles. The number of nitrogens with zero attached hydrogens (tertiary/aromatic N) is 2. The number of hydrogen-bond acceptors (Lipinski definition) is 6. The molecule has 0 radical (unpaired) electrons. The molecular weight excluding hydrogens is 581 g/mol. The van der Waals surface area contributed by atoms with Crippen molar-refractivity contribution in [1.82, 2.24) is 20.4 Å². The van der Waals surface area contributed by atoms with E-state index in [0.717, 1.165) is 6.21 Å².